The average molecular weight is 253 g/mol. The molecule has 0 bridgehead atoms. The van der Waals surface area contributed by atoms with Gasteiger partial charge in [0, 0.05) is 11.4 Å². The van der Waals surface area contributed by atoms with Gasteiger partial charge in [-0.1, -0.05) is 18.5 Å². The number of methoxy groups -OCH3 is 1. The van der Waals surface area contributed by atoms with Gasteiger partial charge in [0.1, 0.15) is 5.75 Å². The molecule has 92 valence electrons. The minimum Gasteiger partial charge on any atom is -0.496 e. The molecule has 17 heavy (non-hydrogen) atoms. The first-order chi connectivity index (χ1) is 8.24. The summed E-state index contributed by atoms with van der Waals surface area (Å²) in [6.45, 7) is 2.07. The smallest absolute Gasteiger partial charge is 0.268 e. The minimum atomic E-state index is -0.153. The molecule has 2 aromatic rings. The first kappa shape index (κ1) is 12.1. The van der Waals surface area contributed by atoms with Crippen molar-refractivity contribution in [3.05, 3.63) is 17.3 Å². The van der Waals surface area contributed by atoms with Gasteiger partial charge >= 0.3 is 0 Å². The second kappa shape index (κ2) is 5.29. The van der Waals surface area contributed by atoms with Crippen molar-refractivity contribution in [3.63, 3.8) is 0 Å². The van der Waals surface area contributed by atoms with Crippen molar-refractivity contribution in [3.8, 4) is 16.5 Å². The van der Waals surface area contributed by atoms with E-state index in [9.17, 15) is 0 Å². The molecular formula is C11H15N3O2S. The molecule has 0 saturated heterocycles. The highest BCUT2D eigenvalue weighted by molar-refractivity contribution is 7.13. The van der Waals surface area contributed by atoms with Gasteiger partial charge in [0.25, 0.3) is 5.89 Å². The number of aromatic nitrogens is 2. The predicted molar refractivity (Wildman–Crippen MR) is 66.0 cm³/mol. The van der Waals surface area contributed by atoms with Crippen LogP contribution < -0.4 is 10.5 Å². The first-order valence-electron chi connectivity index (χ1n) is 5.46. The molecule has 2 heterocycles. The van der Waals surface area contributed by atoms with Crippen LogP contribution >= 0.6 is 11.3 Å². The Kier molecular flexibility index (Phi) is 3.75. The molecule has 2 N–H and O–H groups in total. The van der Waals surface area contributed by atoms with Crippen LogP contribution in [0, 0.1) is 0 Å². The summed E-state index contributed by atoms with van der Waals surface area (Å²) >= 11 is 1.50. The van der Waals surface area contributed by atoms with Crippen molar-refractivity contribution < 1.29 is 9.26 Å². The third-order valence-corrected chi connectivity index (χ3v) is 3.29. The van der Waals surface area contributed by atoms with E-state index in [4.69, 9.17) is 15.0 Å². The molecule has 0 aromatic carbocycles. The van der Waals surface area contributed by atoms with Crippen molar-refractivity contribution in [2.24, 2.45) is 5.73 Å². The second-order valence-electron chi connectivity index (χ2n) is 3.70. The maximum Gasteiger partial charge on any atom is 0.268 e. The number of hydrogen-bond acceptors (Lipinski definition) is 6. The highest BCUT2D eigenvalue weighted by Crippen LogP contribution is 2.30. The summed E-state index contributed by atoms with van der Waals surface area (Å²) in [7, 11) is 1.63. The van der Waals surface area contributed by atoms with Crippen molar-refractivity contribution in [2.75, 3.05) is 7.11 Å². The van der Waals surface area contributed by atoms with Crippen LogP contribution in [-0.2, 0) is 0 Å². The standard InChI is InChI=1S/C11H15N3O2S/c1-3-4-8(12)10-13-11(16-14-10)9-5-7(15-2)6-17-9/h5-6,8H,3-4,12H2,1-2H3. The molecule has 0 amide bonds. The van der Waals surface area contributed by atoms with Gasteiger partial charge in [0.05, 0.1) is 18.0 Å². The highest BCUT2D eigenvalue weighted by atomic mass is 32.1. The van der Waals surface area contributed by atoms with Crippen LogP contribution in [0.3, 0.4) is 0 Å². The summed E-state index contributed by atoms with van der Waals surface area (Å²) in [5.74, 6) is 1.86. The van der Waals surface area contributed by atoms with Gasteiger partial charge in [-0.2, -0.15) is 4.98 Å². The maximum atomic E-state index is 5.92. The molecule has 0 radical (unpaired) electrons. The van der Waals surface area contributed by atoms with Gasteiger partial charge in [0.2, 0.25) is 0 Å². The third kappa shape index (κ3) is 2.65. The summed E-state index contributed by atoms with van der Waals surface area (Å²) in [5, 5.41) is 5.79. The Morgan fingerprint density at radius 3 is 3.06 bits per heavy atom. The Morgan fingerprint density at radius 2 is 2.41 bits per heavy atom. The number of nitrogens with two attached hydrogens (primary N) is 1. The summed E-state index contributed by atoms with van der Waals surface area (Å²) in [5.41, 5.74) is 5.92. The van der Waals surface area contributed by atoms with Crippen LogP contribution in [0.4, 0.5) is 0 Å². The van der Waals surface area contributed by atoms with Crippen LogP contribution in [0.2, 0.25) is 0 Å². The lowest BCUT2D eigenvalue weighted by Gasteiger charge is -2.02. The van der Waals surface area contributed by atoms with E-state index in [1.54, 1.807) is 7.11 Å². The fourth-order valence-corrected chi connectivity index (χ4v) is 2.24. The topological polar surface area (TPSA) is 74.2 Å². The number of hydrogen-bond donors (Lipinski definition) is 1. The first-order valence-corrected chi connectivity index (χ1v) is 6.34. The van der Waals surface area contributed by atoms with Gasteiger partial charge in [0.15, 0.2) is 5.82 Å². The molecule has 2 rings (SSSR count). The second-order valence-corrected chi connectivity index (χ2v) is 4.61. The SMILES string of the molecule is CCCC(N)c1noc(-c2cc(OC)cs2)n1. The van der Waals surface area contributed by atoms with E-state index >= 15 is 0 Å². The van der Waals surface area contributed by atoms with E-state index in [1.807, 2.05) is 11.4 Å². The fraction of sp³-hybridized carbons (Fsp3) is 0.455. The molecule has 6 heteroatoms. The molecule has 1 atom stereocenters. The number of thiophene rings is 1. The van der Waals surface area contributed by atoms with Crippen LogP contribution in [0.25, 0.3) is 10.8 Å². The normalized spacial score (nSPS) is 12.6. The minimum absolute atomic E-state index is 0.153. The van der Waals surface area contributed by atoms with E-state index in [0.717, 1.165) is 23.5 Å². The number of nitrogens with zero attached hydrogens (tertiary/aromatic N) is 2. The Bertz CT molecular complexity index is 481. The summed E-state index contributed by atoms with van der Waals surface area (Å²) in [6.07, 6.45) is 1.85. The molecule has 0 spiro atoms. The molecule has 1 unspecified atom stereocenters. The van der Waals surface area contributed by atoms with Gasteiger partial charge in [-0.15, -0.1) is 11.3 Å². The Hall–Kier alpha value is -1.40. The van der Waals surface area contributed by atoms with E-state index in [2.05, 4.69) is 17.1 Å². The lowest BCUT2D eigenvalue weighted by atomic mass is 10.2. The van der Waals surface area contributed by atoms with E-state index < -0.39 is 0 Å². The highest BCUT2D eigenvalue weighted by Gasteiger charge is 2.15. The van der Waals surface area contributed by atoms with Crippen molar-refractivity contribution in [1.29, 1.82) is 0 Å². The quantitative estimate of drug-likeness (QED) is 0.886. The van der Waals surface area contributed by atoms with E-state index in [0.29, 0.717) is 11.7 Å². The molecule has 5 nitrogen and oxygen atoms in total. The van der Waals surface area contributed by atoms with Crippen molar-refractivity contribution in [2.45, 2.75) is 25.8 Å². The summed E-state index contributed by atoms with van der Waals surface area (Å²) in [6, 6.07) is 1.71. The molecule has 2 aromatic heterocycles. The Morgan fingerprint density at radius 1 is 1.59 bits per heavy atom. The van der Waals surface area contributed by atoms with Crippen LogP contribution in [0.1, 0.15) is 31.6 Å². The van der Waals surface area contributed by atoms with Crippen LogP contribution in [0.5, 0.6) is 5.75 Å². The largest absolute Gasteiger partial charge is 0.496 e. The predicted octanol–water partition coefficient (Wildman–Crippen LogP) is 2.61. The fourth-order valence-electron chi connectivity index (χ4n) is 1.46. The van der Waals surface area contributed by atoms with Crippen LogP contribution in [0.15, 0.2) is 16.0 Å². The molecule has 0 aliphatic rings. The Balaban J connectivity index is 2.17. The Labute approximate surface area is 104 Å². The van der Waals surface area contributed by atoms with Crippen LogP contribution in [-0.4, -0.2) is 17.3 Å². The van der Waals surface area contributed by atoms with Gasteiger partial charge in [-0.3, -0.25) is 0 Å². The zero-order valence-corrected chi connectivity index (χ0v) is 10.7. The van der Waals surface area contributed by atoms with Crippen molar-refractivity contribution in [1.82, 2.24) is 10.1 Å². The molecule has 0 saturated carbocycles. The van der Waals surface area contributed by atoms with E-state index in [1.165, 1.54) is 11.3 Å². The number of ether oxygens (including phenoxy) is 1. The molecule has 0 aliphatic heterocycles. The molecule has 0 aliphatic carbocycles. The zero-order chi connectivity index (χ0) is 12.3. The van der Waals surface area contributed by atoms with E-state index in [-0.39, 0.29) is 6.04 Å². The molecular weight excluding hydrogens is 238 g/mol. The number of rotatable bonds is 5. The summed E-state index contributed by atoms with van der Waals surface area (Å²) in [4.78, 5) is 5.19. The lowest BCUT2D eigenvalue weighted by molar-refractivity contribution is 0.411. The summed E-state index contributed by atoms with van der Waals surface area (Å²) < 4.78 is 10.3. The lowest BCUT2D eigenvalue weighted by Crippen LogP contribution is -2.11. The zero-order valence-electron chi connectivity index (χ0n) is 9.84. The monoisotopic (exact) mass is 253 g/mol. The van der Waals surface area contributed by atoms with Gasteiger partial charge in [-0.05, 0) is 6.42 Å². The third-order valence-electron chi connectivity index (χ3n) is 2.39. The van der Waals surface area contributed by atoms with Gasteiger partial charge in [-0.25, -0.2) is 0 Å². The van der Waals surface area contributed by atoms with Gasteiger partial charge < -0.3 is 15.0 Å². The molecule has 0 fully saturated rings. The van der Waals surface area contributed by atoms with Crippen molar-refractivity contribution >= 4 is 11.3 Å². The maximum absolute atomic E-state index is 5.92. The average Bonchev–Trinajstić information content (AvgIpc) is 2.98.